The topological polar surface area (TPSA) is 41.6 Å². The van der Waals surface area contributed by atoms with Crippen LogP contribution in [0.2, 0.25) is 0 Å². The zero-order chi connectivity index (χ0) is 16.9. The van der Waals surface area contributed by atoms with Gasteiger partial charge in [0.25, 0.3) is 0 Å². The largest absolute Gasteiger partial charge is 0.378 e. The van der Waals surface area contributed by atoms with Crippen LogP contribution in [-0.2, 0) is 4.74 Å². The van der Waals surface area contributed by atoms with Crippen molar-refractivity contribution in [3.05, 3.63) is 41.3 Å². The Labute approximate surface area is 147 Å². The minimum atomic E-state index is -0.0231. The second-order valence-corrected chi connectivity index (χ2v) is 7.00. The number of anilines is 1. The molecule has 0 radical (unpaired) electrons. The highest BCUT2D eigenvalue weighted by molar-refractivity contribution is 7.13. The van der Waals surface area contributed by atoms with Gasteiger partial charge in [0.2, 0.25) is 0 Å². The molecule has 1 saturated heterocycles. The molecule has 0 unspecified atom stereocenters. The predicted molar refractivity (Wildman–Crippen MR) is 99.7 cm³/mol. The number of urea groups is 1. The molecule has 1 aliphatic heterocycles. The monoisotopic (exact) mass is 344 g/mol. The lowest BCUT2D eigenvalue weighted by Crippen LogP contribution is -2.43. The molecule has 0 atom stereocenters. The minimum Gasteiger partial charge on any atom is -0.378 e. The first-order valence-electron chi connectivity index (χ1n) is 8.49. The van der Waals surface area contributed by atoms with Crippen LogP contribution in [0.4, 0.5) is 10.5 Å². The van der Waals surface area contributed by atoms with Crippen LogP contribution in [0.3, 0.4) is 0 Å². The molecule has 0 bridgehead atoms. The van der Waals surface area contributed by atoms with Crippen LogP contribution < -0.4 is 5.32 Å². The van der Waals surface area contributed by atoms with Crippen molar-refractivity contribution in [2.75, 3.05) is 25.0 Å². The zero-order valence-corrected chi connectivity index (χ0v) is 15.1. The fraction of sp³-hybridized carbons (Fsp3) is 0.421. The van der Waals surface area contributed by atoms with E-state index in [4.69, 9.17) is 4.74 Å². The fourth-order valence-corrected chi connectivity index (χ4v) is 4.00. The molecule has 0 aliphatic carbocycles. The van der Waals surface area contributed by atoms with Crippen molar-refractivity contribution in [2.24, 2.45) is 0 Å². The summed E-state index contributed by atoms with van der Waals surface area (Å²) in [5.74, 6) is 0. The number of thiophene rings is 1. The van der Waals surface area contributed by atoms with Gasteiger partial charge in [-0.2, -0.15) is 0 Å². The van der Waals surface area contributed by atoms with E-state index in [2.05, 4.69) is 29.8 Å². The van der Waals surface area contributed by atoms with Crippen LogP contribution in [0.15, 0.2) is 35.7 Å². The van der Waals surface area contributed by atoms with Crippen LogP contribution in [0, 0.1) is 6.92 Å². The number of aryl methyl sites for hydroxylation is 1. The summed E-state index contributed by atoms with van der Waals surface area (Å²) in [6.45, 7) is 6.37. The smallest absolute Gasteiger partial charge is 0.321 e. The Bertz CT molecular complexity index is 690. The molecule has 2 heterocycles. The van der Waals surface area contributed by atoms with Gasteiger partial charge in [-0.1, -0.05) is 12.1 Å². The van der Waals surface area contributed by atoms with Crippen LogP contribution >= 0.6 is 11.3 Å². The van der Waals surface area contributed by atoms with Gasteiger partial charge in [0.15, 0.2) is 0 Å². The summed E-state index contributed by atoms with van der Waals surface area (Å²) in [6.07, 6.45) is 2.12. The SMILES string of the molecule is CCOC1CCN(C(=O)Nc2cccc(-c3sccc3C)c2)CC1. The van der Waals surface area contributed by atoms with Crippen molar-refractivity contribution in [1.29, 1.82) is 0 Å². The molecule has 4 nitrogen and oxygen atoms in total. The molecule has 1 aliphatic rings. The lowest BCUT2D eigenvalue weighted by atomic mass is 10.1. The number of likely N-dealkylation sites (tertiary alicyclic amines) is 1. The summed E-state index contributed by atoms with van der Waals surface area (Å²) in [4.78, 5) is 15.6. The van der Waals surface area contributed by atoms with Gasteiger partial charge >= 0.3 is 6.03 Å². The van der Waals surface area contributed by atoms with E-state index in [1.165, 1.54) is 10.4 Å². The Morgan fingerprint density at radius 1 is 1.33 bits per heavy atom. The number of nitrogens with one attached hydrogen (secondary N) is 1. The van der Waals surface area contributed by atoms with Gasteiger partial charge in [-0.05, 0) is 61.4 Å². The summed E-state index contributed by atoms with van der Waals surface area (Å²) in [5.41, 5.74) is 3.26. The van der Waals surface area contributed by atoms with E-state index in [1.807, 2.05) is 30.0 Å². The number of ether oxygens (including phenoxy) is 1. The molecule has 1 aromatic carbocycles. The lowest BCUT2D eigenvalue weighted by molar-refractivity contribution is 0.0232. The van der Waals surface area contributed by atoms with Crippen molar-refractivity contribution < 1.29 is 9.53 Å². The van der Waals surface area contributed by atoms with Crippen molar-refractivity contribution in [3.8, 4) is 10.4 Å². The molecule has 128 valence electrons. The highest BCUT2D eigenvalue weighted by atomic mass is 32.1. The van der Waals surface area contributed by atoms with Crippen molar-refractivity contribution in [1.82, 2.24) is 4.90 Å². The molecule has 5 heteroatoms. The van der Waals surface area contributed by atoms with Gasteiger partial charge in [0.05, 0.1) is 6.10 Å². The molecular weight excluding hydrogens is 320 g/mol. The number of piperidine rings is 1. The summed E-state index contributed by atoms with van der Waals surface area (Å²) in [7, 11) is 0. The molecule has 2 aromatic rings. The van der Waals surface area contributed by atoms with Gasteiger partial charge in [-0.3, -0.25) is 0 Å². The maximum atomic E-state index is 12.5. The summed E-state index contributed by atoms with van der Waals surface area (Å²) in [5, 5.41) is 5.13. The van der Waals surface area contributed by atoms with E-state index in [0.29, 0.717) is 6.10 Å². The highest BCUT2D eigenvalue weighted by Crippen LogP contribution is 2.30. The van der Waals surface area contributed by atoms with E-state index < -0.39 is 0 Å². The van der Waals surface area contributed by atoms with Gasteiger partial charge in [-0.15, -0.1) is 11.3 Å². The van der Waals surface area contributed by atoms with Crippen LogP contribution in [-0.4, -0.2) is 36.7 Å². The van der Waals surface area contributed by atoms with E-state index in [1.54, 1.807) is 11.3 Å². The van der Waals surface area contributed by atoms with E-state index >= 15 is 0 Å². The standard InChI is InChI=1S/C19H24N2O2S/c1-3-23-17-7-10-21(11-8-17)19(22)20-16-6-4-5-15(13-16)18-14(2)9-12-24-18/h4-6,9,12-13,17H,3,7-8,10-11H2,1-2H3,(H,20,22). The van der Waals surface area contributed by atoms with Crippen LogP contribution in [0.25, 0.3) is 10.4 Å². The number of amides is 2. The average Bonchev–Trinajstić information content (AvgIpc) is 3.02. The third-order valence-electron chi connectivity index (χ3n) is 4.37. The van der Waals surface area contributed by atoms with Crippen molar-refractivity contribution >= 4 is 23.1 Å². The number of carbonyl (C=O) groups is 1. The van der Waals surface area contributed by atoms with E-state index in [-0.39, 0.29) is 6.03 Å². The normalized spacial score (nSPS) is 15.5. The molecular formula is C19H24N2O2S. The second kappa shape index (κ2) is 7.81. The maximum Gasteiger partial charge on any atom is 0.321 e. The number of hydrogen-bond donors (Lipinski definition) is 1. The Kier molecular flexibility index (Phi) is 5.53. The molecule has 1 N–H and O–H groups in total. The third kappa shape index (κ3) is 3.97. The number of benzene rings is 1. The maximum absolute atomic E-state index is 12.5. The number of hydrogen-bond acceptors (Lipinski definition) is 3. The highest BCUT2D eigenvalue weighted by Gasteiger charge is 2.23. The first kappa shape index (κ1) is 17.0. The fourth-order valence-electron chi connectivity index (χ4n) is 3.07. The molecule has 1 aromatic heterocycles. The first-order valence-corrected chi connectivity index (χ1v) is 9.37. The predicted octanol–water partition coefficient (Wildman–Crippen LogP) is 4.76. The van der Waals surface area contributed by atoms with E-state index in [0.717, 1.165) is 43.8 Å². The Morgan fingerprint density at radius 3 is 2.79 bits per heavy atom. The molecule has 2 amide bonds. The summed E-state index contributed by atoms with van der Waals surface area (Å²) in [6, 6.07) is 10.2. The number of carbonyl (C=O) groups excluding carboxylic acids is 1. The Morgan fingerprint density at radius 2 is 2.12 bits per heavy atom. The molecule has 1 fully saturated rings. The van der Waals surface area contributed by atoms with Crippen LogP contribution in [0.5, 0.6) is 0 Å². The molecule has 24 heavy (non-hydrogen) atoms. The van der Waals surface area contributed by atoms with Gasteiger partial charge in [0.1, 0.15) is 0 Å². The first-order chi connectivity index (χ1) is 11.7. The van der Waals surface area contributed by atoms with Gasteiger partial charge in [-0.25, -0.2) is 4.79 Å². The summed E-state index contributed by atoms with van der Waals surface area (Å²) < 4.78 is 5.64. The molecule has 3 rings (SSSR count). The Hall–Kier alpha value is -1.85. The van der Waals surface area contributed by atoms with Gasteiger partial charge in [0, 0.05) is 30.3 Å². The third-order valence-corrected chi connectivity index (χ3v) is 5.44. The lowest BCUT2D eigenvalue weighted by Gasteiger charge is -2.31. The minimum absolute atomic E-state index is 0.0231. The van der Waals surface area contributed by atoms with Gasteiger partial charge < -0.3 is 15.0 Å². The van der Waals surface area contributed by atoms with Crippen molar-refractivity contribution in [3.63, 3.8) is 0 Å². The second-order valence-electron chi connectivity index (χ2n) is 6.09. The zero-order valence-electron chi connectivity index (χ0n) is 14.2. The quantitative estimate of drug-likeness (QED) is 0.869. The summed E-state index contributed by atoms with van der Waals surface area (Å²) >= 11 is 1.73. The van der Waals surface area contributed by atoms with Crippen molar-refractivity contribution in [2.45, 2.75) is 32.8 Å². The van der Waals surface area contributed by atoms with Crippen LogP contribution in [0.1, 0.15) is 25.3 Å². The number of nitrogens with zero attached hydrogens (tertiary/aromatic N) is 1. The number of rotatable bonds is 4. The Balaban J connectivity index is 1.62. The molecule has 0 saturated carbocycles. The van der Waals surface area contributed by atoms with E-state index in [9.17, 15) is 4.79 Å². The average molecular weight is 344 g/mol. The molecule has 0 spiro atoms.